The second kappa shape index (κ2) is 8.47. The van der Waals surface area contributed by atoms with E-state index in [1.165, 1.54) is 20.1 Å². The number of ether oxygens (including phenoxy) is 3. The summed E-state index contributed by atoms with van der Waals surface area (Å²) in [6.45, 7) is 2.95. The number of aryl methyl sites for hydroxylation is 1. The van der Waals surface area contributed by atoms with Crippen LogP contribution in [-0.4, -0.2) is 19.2 Å². The highest BCUT2D eigenvalue weighted by atomic mass is 16.6. The van der Waals surface area contributed by atoms with Crippen molar-refractivity contribution in [2.75, 3.05) is 12.4 Å². The summed E-state index contributed by atoms with van der Waals surface area (Å²) in [5.41, 5.74) is 0.597. The van der Waals surface area contributed by atoms with Gasteiger partial charge >= 0.3 is 17.7 Å². The zero-order chi connectivity index (χ0) is 21.0. The van der Waals surface area contributed by atoms with Crippen LogP contribution in [0.15, 0.2) is 51.7 Å². The van der Waals surface area contributed by atoms with Gasteiger partial charge in [-0.1, -0.05) is 30.3 Å². The summed E-state index contributed by atoms with van der Waals surface area (Å²) in [5, 5.41) is 2.86. The van der Waals surface area contributed by atoms with Gasteiger partial charge in [-0.3, -0.25) is 10.1 Å². The summed E-state index contributed by atoms with van der Waals surface area (Å²) in [5.74, 6) is -0.0807. The topological polar surface area (TPSA) is 104 Å². The molecule has 1 N–H and O–H groups in total. The van der Waals surface area contributed by atoms with Crippen LogP contribution in [0.25, 0.3) is 11.0 Å². The monoisotopic (exact) mass is 397 g/mol. The van der Waals surface area contributed by atoms with E-state index in [0.717, 1.165) is 5.56 Å². The number of carbonyl (C=O) groups is 2. The summed E-state index contributed by atoms with van der Waals surface area (Å²) in [4.78, 5) is 35.7. The molecule has 3 rings (SSSR count). The molecule has 0 bridgehead atoms. The fourth-order valence-electron chi connectivity index (χ4n) is 2.76. The zero-order valence-electron chi connectivity index (χ0n) is 16.1. The van der Waals surface area contributed by atoms with Gasteiger partial charge in [-0.25, -0.2) is 9.59 Å². The van der Waals surface area contributed by atoms with Gasteiger partial charge in [0.25, 0.3) is 0 Å². The average Bonchev–Trinajstić information content (AvgIpc) is 2.70. The maximum absolute atomic E-state index is 12.3. The second-order valence-electron chi connectivity index (χ2n) is 6.18. The van der Waals surface area contributed by atoms with E-state index in [2.05, 4.69) is 5.32 Å². The summed E-state index contributed by atoms with van der Waals surface area (Å²) < 4.78 is 20.9. The molecule has 0 fully saturated rings. The molecule has 0 spiro atoms. The number of nitrogens with one attached hydrogen (secondary N) is 1. The average molecular weight is 397 g/mol. The number of carbonyl (C=O) groups excluding carboxylic acids is 2. The largest absolute Gasteiger partial charge is 0.493 e. The van der Waals surface area contributed by atoms with Crippen LogP contribution >= 0.6 is 0 Å². The maximum Gasteiger partial charge on any atom is 0.412 e. The third-order valence-corrected chi connectivity index (χ3v) is 4.08. The zero-order valence-corrected chi connectivity index (χ0v) is 16.1. The Morgan fingerprint density at radius 2 is 1.86 bits per heavy atom. The lowest BCUT2D eigenvalue weighted by molar-refractivity contribution is -0.132. The van der Waals surface area contributed by atoms with E-state index < -0.39 is 17.7 Å². The fourth-order valence-corrected chi connectivity index (χ4v) is 2.76. The molecule has 0 aliphatic rings. The maximum atomic E-state index is 12.3. The molecule has 8 nitrogen and oxygen atoms in total. The second-order valence-corrected chi connectivity index (χ2v) is 6.18. The Morgan fingerprint density at radius 1 is 1.14 bits per heavy atom. The number of rotatable bonds is 5. The lowest BCUT2D eigenvalue weighted by Crippen LogP contribution is -2.19. The highest BCUT2D eigenvalue weighted by molar-refractivity contribution is 5.91. The van der Waals surface area contributed by atoms with E-state index in [1.54, 1.807) is 13.0 Å². The molecular weight excluding hydrogens is 378 g/mol. The van der Waals surface area contributed by atoms with Crippen molar-refractivity contribution in [2.45, 2.75) is 20.5 Å². The Morgan fingerprint density at radius 3 is 2.52 bits per heavy atom. The van der Waals surface area contributed by atoms with Crippen molar-refractivity contribution in [1.82, 2.24) is 0 Å². The van der Waals surface area contributed by atoms with E-state index in [9.17, 15) is 14.4 Å². The quantitative estimate of drug-likeness (QED) is 0.397. The Balaban J connectivity index is 1.87. The molecule has 0 aliphatic heterocycles. The lowest BCUT2D eigenvalue weighted by atomic mass is 10.1. The number of anilines is 1. The molecule has 0 aliphatic carbocycles. The molecule has 8 heteroatoms. The minimum atomic E-state index is -0.791. The summed E-state index contributed by atoms with van der Waals surface area (Å²) in [6, 6.07) is 12.1. The number of hydrogen-bond donors (Lipinski definition) is 1. The smallest absolute Gasteiger partial charge is 0.412 e. The molecule has 0 saturated carbocycles. The molecule has 1 aromatic heterocycles. The van der Waals surface area contributed by atoms with Crippen molar-refractivity contribution < 1.29 is 28.2 Å². The van der Waals surface area contributed by atoms with Crippen LogP contribution < -0.4 is 20.4 Å². The van der Waals surface area contributed by atoms with Gasteiger partial charge in [0.2, 0.25) is 0 Å². The van der Waals surface area contributed by atoms with Gasteiger partial charge in [-0.2, -0.15) is 0 Å². The third kappa shape index (κ3) is 4.55. The van der Waals surface area contributed by atoms with E-state index in [1.807, 2.05) is 30.3 Å². The van der Waals surface area contributed by atoms with Gasteiger partial charge in [0.1, 0.15) is 17.9 Å². The first-order valence-electron chi connectivity index (χ1n) is 8.70. The Labute approximate surface area is 166 Å². The van der Waals surface area contributed by atoms with Gasteiger partial charge < -0.3 is 18.6 Å². The first kappa shape index (κ1) is 19.9. The number of methoxy groups -OCH3 is 1. The molecule has 0 saturated heterocycles. The number of benzene rings is 2. The van der Waals surface area contributed by atoms with Crippen molar-refractivity contribution in [3.63, 3.8) is 0 Å². The first-order valence-corrected chi connectivity index (χ1v) is 8.70. The van der Waals surface area contributed by atoms with E-state index in [4.69, 9.17) is 18.6 Å². The SMILES string of the molecule is COc1cc2cc(NC(=O)OCc3ccccc3)c(=O)oc2c(C)c1OC(C)=O. The summed E-state index contributed by atoms with van der Waals surface area (Å²) in [7, 11) is 1.42. The van der Waals surface area contributed by atoms with Crippen LogP contribution in [0.2, 0.25) is 0 Å². The van der Waals surface area contributed by atoms with Gasteiger partial charge in [-0.05, 0) is 24.6 Å². The van der Waals surface area contributed by atoms with Crippen molar-refractivity contribution in [1.29, 1.82) is 0 Å². The molecule has 0 radical (unpaired) electrons. The van der Waals surface area contributed by atoms with Gasteiger partial charge in [0.05, 0.1) is 7.11 Å². The van der Waals surface area contributed by atoms with Crippen molar-refractivity contribution in [2.24, 2.45) is 0 Å². The third-order valence-electron chi connectivity index (χ3n) is 4.08. The van der Waals surface area contributed by atoms with Gasteiger partial charge in [0, 0.05) is 17.9 Å². The molecule has 3 aromatic rings. The van der Waals surface area contributed by atoms with Crippen LogP contribution in [0.4, 0.5) is 10.5 Å². The molecule has 29 heavy (non-hydrogen) atoms. The van der Waals surface area contributed by atoms with E-state index in [0.29, 0.717) is 10.9 Å². The first-order chi connectivity index (χ1) is 13.9. The number of amides is 1. The Hall–Kier alpha value is -3.81. The molecule has 0 atom stereocenters. The minimum absolute atomic E-state index is 0.0598. The van der Waals surface area contributed by atoms with Gasteiger partial charge in [-0.15, -0.1) is 0 Å². The summed E-state index contributed by atoms with van der Waals surface area (Å²) >= 11 is 0. The van der Waals surface area contributed by atoms with Crippen LogP contribution in [0.1, 0.15) is 18.1 Å². The van der Waals surface area contributed by atoms with Crippen molar-refractivity contribution in [3.05, 3.63) is 64.0 Å². The van der Waals surface area contributed by atoms with Crippen LogP contribution in [0.5, 0.6) is 11.5 Å². The van der Waals surface area contributed by atoms with Crippen LogP contribution in [-0.2, 0) is 16.1 Å². The highest BCUT2D eigenvalue weighted by Crippen LogP contribution is 2.37. The standard InChI is InChI=1S/C21H19NO7/c1-12-18-15(10-17(26-3)19(12)28-13(2)23)9-16(20(24)29-18)22-21(25)27-11-14-7-5-4-6-8-14/h4-10H,11H2,1-3H3,(H,22,25). The predicted octanol–water partition coefficient (Wildman–Crippen LogP) is 3.78. The fraction of sp³-hybridized carbons (Fsp3) is 0.190. The van der Waals surface area contributed by atoms with Crippen LogP contribution in [0, 0.1) is 6.92 Å². The summed E-state index contributed by atoms with van der Waals surface area (Å²) in [6.07, 6.45) is -0.791. The number of fused-ring (bicyclic) bond motifs is 1. The number of hydrogen-bond acceptors (Lipinski definition) is 7. The molecule has 1 heterocycles. The lowest BCUT2D eigenvalue weighted by Gasteiger charge is -2.13. The highest BCUT2D eigenvalue weighted by Gasteiger charge is 2.18. The van der Waals surface area contributed by atoms with Gasteiger partial charge in [0.15, 0.2) is 11.5 Å². The molecule has 150 valence electrons. The Kier molecular flexibility index (Phi) is 5.82. The van der Waals surface area contributed by atoms with Crippen molar-refractivity contribution in [3.8, 4) is 11.5 Å². The normalized spacial score (nSPS) is 10.4. The van der Waals surface area contributed by atoms with E-state index >= 15 is 0 Å². The number of esters is 1. The molecular formula is C21H19NO7. The minimum Gasteiger partial charge on any atom is -0.493 e. The Bertz CT molecular complexity index is 1120. The predicted molar refractivity (Wildman–Crippen MR) is 105 cm³/mol. The molecule has 2 aromatic carbocycles. The molecule has 0 unspecified atom stereocenters. The molecule has 1 amide bonds. The van der Waals surface area contributed by atoms with Crippen LogP contribution in [0.3, 0.4) is 0 Å². The van der Waals surface area contributed by atoms with Crippen molar-refractivity contribution >= 4 is 28.7 Å². The van der Waals surface area contributed by atoms with E-state index in [-0.39, 0.29) is 29.4 Å².